The number of allylic oxidation sites excluding steroid dienone is 1. The van der Waals surface area contributed by atoms with Crippen LogP contribution in [0.15, 0.2) is 11.6 Å². The Hall–Kier alpha value is -0.300. The molecule has 1 heteroatoms. The van der Waals surface area contributed by atoms with Crippen molar-refractivity contribution in [2.45, 2.75) is 118 Å². The van der Waals surface area contributed by atoms with Crippen molar-refractivity contribution in [3.8, 4) is 0 Å². The standard InChI is InChI=1S/C28H48O/c1-6-28-17-15-25-23(11-10-21-18-22(29)14-16-27(21,25)5)26(28)13-12-24(28)20(4)9-7-8-19(2)3/h10,19-20,22-26,29H,6-9,11-18H2,1-5H3/t20-,22?,23?,24?,25?,26?,27?,28?/m1/s1. The molecule has 1 nitrogen and oxygen atoms in total. The van der Waals surface area contributed by atoms with Gasteiger partial charge in [-0.25, -0.2) is 0 Å². The van der Waals surface area contributed by atoms with Crippen LogP contribution in [0.25, 0.3) is 0 Å². The first-order chi connectivity index (χ1) is 13.8. The Balaban J connectivity index is 1.53. The Morgan fingerprint density at radius 1 is 1.03 bits per heavy atom. The van der Waals surface area contributed by atoms with Crippen LogP contribution in [0.4, 0.5) is 0 Å². The number of fused-ring (bicyclic) bond motifs is 5. The second-order valence-corrected chi connectivity index (χ2v) is 12.3. The normalized spacial score (nSPS) is 45.3. The quantitative estimate of drug-likeness (QED) is 0.451. The molecule has 4 aliphatic carbocycles. The van der Waals surface area contributed by atoms with Crippen molar-refractivity contribution in [2.75, 3.05) is 0 Å². The lowest BCUT2D eigenvalue weighted by Crippen LogP contribution is -2.51. The molecule has 0 saturated heterocycles. The second-order valence-electron chi connectivity index (χ2n) is 12.3. The molecule has 3 saturated carbocycles. The van der Waals surface area contributed by atoms with E-state index in [9.17, 15) is 5.11 Å². The molecule has 29 heavy (non-hydrogen) atoms. The Labute approximate surface area is 181 Å². The zero-order chi connectivity index (χ0) is 20.8. The molecule has 0 amide bonds. The topological polar surface area (TPSA) is 20.2 Å². The van der Waals surface area contributed by atoms with Crippen LogP contribution in [-0.2, 0) is 0 Å². The Morgan fingerprint density at radius 3 is 2.55 bits per heavy atom. The molecule has 0 radical (unpaired) electrons. The van der Waals surface area contributed by atoms with Crippen LogP contribution < -0.4 is 0 Å². The Bertz CT molecular complexity index is 605. The predicted octanol–water partition coefficient (Wildman–Crippen LogP) is 7.78. The lowest BCUT2D eigenvalue weighted by atomic mass is 9.46. The molecule has 0 spiro atoms. The van der Waals surface area contributed by atoms with Gasteiger partial charge in [-0.2, -0.15) is 0 Å². The first kappa shape index (κ1) is 21.9. The summed E-state index contributed by atoms with van der Waals surface area (Å²) in [6.45, 7) is 12.4. The molecule has 0 aromatic rings. The van der Waals surface area contributed by atoms with Gasteiger partial charge in [0.1, 0.15) is 0 Å². The van der Waals surface area contributed by atoms with Crippen molar-refractivity contribution in [1.29, 1.82) is 0 Å². The zero-order valence-electron chi connectivity index (χ0n) is 20.1. The average Bonchev–Trinajstić information content (AvgIpc) is 3.08. The van der Waals surface area contributed by atoms with E-state index < -0.39 is 0 Å². The van der Waals surface area contributed by atoms with E-state index in [-0.39, 0.29) is 6.10 Å². The van der Waals surface area contributed by atoms with Gasteiger partial charge in [-0.15, -0.1) is 0 Å². The summed E-state index contributed by atoms with van der Waals surface area (Å²) in [6, 6.07) is 0. The van der Waals surface area contributed by atoms with E-state index >= 15 is 0 Å². The number of hydrogen-bond acceptors (Lipinski definition) is 1. The Morgan fingerprint density at radius 2 is 1.83 bits per heavy atom. The van der Waals surface area contributed by atoms with Crippen LogP contribution in [0, 0.1) is 46.3 Å². The second kappa shape index (κ2) is 8.33. The van der Waals surface area contributed by atoms with Crippen molar-refractivity contribution in [3.05, 3.63) is 11.6 Å². The Kier molecular flexibility index (Phi) is 6.29. The van der Waals surface area contributed by atoms with Gasteiger partial charge in [-0.1, -0.05) is 65.5 Å². The van der Waals surface area contributed by atoms with Crippen LogP contribution in [0.5, 0.6) is 0 Å². The lowest BCUT2D eigenvalue weighted by molar-refractivity contribution is -0.0682. The van der Waals surface area contributed by atoms with Crippen LogP contribution in [-0.4, -0.2) is 11.2 Å². The first-order valence-corrected chi connectivity index (χ1v) is 13.2. The van der Waals surface area contributed by atoms with Crippen LogP contribution in [0.3, 0.4) is 0 Å². The van der Waals surface area contributed by atoms with E-state index in [1.165, 1.54) is 64.2 Å². The summed E-state index contributed by atoms with van der Waals surface area (Å²) in [7, 11) is 0. The molecule has 4 aliphatic rings. The van der Waals surface area contributed by atoms with Crippen molar-refractivity contribution < 1.29 is 5.11 Å². The predicted molar refractivity (Wildman–Crippen MR) is 124 cm³/mol. The molecule has 8 atom stereocenters. The number of rotatable bonds is 6. The van der Waals surface area contributed by atoms with Crippen molar-refractivity contribution in [1.82, 2.24) is 0 Å². The SMILES string of the molecule is CCC12CCC3C(CC=C4CC(O)CCC43C)C1CCC2[C@H](C)CCCC(C)C. The van der Waals surface area contributed by atoms with E-state index in [4.69, 9.17) is 0 Å². The fourth-order valence-electron chi connectivity index (χ4n) is 9.09. The average molecular weight is 401 g/mol. The first-order valence-electron chi connectivity index (χ1n) is 13.2. The monoisotopic (exact) mass is 400 g/mol. The summed E-state index contributed by atoms with van der Waals surface area (Å²) in [5.74, 6) is 5.50. The van der Waals surface area contributed by atoms with E-state index in [0.717, 1.165) is 48.3 Å². The van der Waals surface area contributed by atoms with Gasteiger partial charge in [0.15, 0.2) is 0 Å². The van der Waals surface area contributed by atoms with Crippen molar-refractivity contribution >= 4 is 0 Å². The maximum absolute atomic E-state index is 10.2. The summed E-state index contributed by atoms with van der Waals surface area (Å²) in [5.41, 5.74) is 2.65. The minimum Gasteiger partial charge on any atom is -0.393 e. The van der Waals surface area contributed by atoms with Gasteiger partial charge in [0.2, 0.25) is 0 Å². The number of aliphatic hydroxyl groups excluding tert-OH is 1. The van der Waals surface area contributed by atoms with Gasteiger partial charge < -0.3 is 5.11 Å². The molecular formula is C28H48O. The summed E-state index contributed by atoms with van der Waals surface area (Å²) >= 11 is 0. The fraction of sp³-hybridized carbons (Fsp3) is 0.929. The molecule has 1 N–H and O–H groups in total. The largest absolute Gasteiger partial charge is 0.393 e. The van der Waals surface area contributed by atoms with E-state index in [1.807, 2.05) is 0 Å². The highest BCUT2D eigenvalue weighted by atomic mass is 16.3. The molecular weight excluding hydrogens is 352 g/mol. The van der Waals surface area contributed by atoms with E-state index in [1.54, 1.807) is 5.57 Å². The molecule has 0 aromatic carbocycles. The van der Waals surface area contributed by atoms with Gasteiger partial charge in [-0.3, -0.25) is 0 Å². The van der Waals surface area contributed by atoms with Gasteiger partial charge in [0.25, 0.3) is 0 Å². The van der Waals surface area contributed by atoms with Crippen molar-refractivity contribution in [2.24, 2.45) is 46.3 Å². The highest BCUT2D eigenvalue weighted by Crippen LogP contribution is 2.68. The number of aliphatic hydroxyl groups is 1. The highest BCUT2D eigenvalue weighted by Gasteiger charge is 2.60. The smallest absolute Gasteiger partial charge is 0.0577 e. The van der Waals surface area contributed by atoms with Gasteiger partial charge >= 0.3 is 0 Å². The van der Waals surface area contributed by atoms with Crippen LogP contribution in [0.1, 0.15) is 112 Å². The van der Waals surface area contributed by atoms with Crippen molar-refractivity contribution in [3.63, 3.8) is 0 Å². The van der Waals surface area contributed by atoms with Crippen LogP contribution >= 0.6 is 0 Å². The maximum Gasteiger partial charge on any atom is 0.0577 e. The minimum absolute atomic E-state index is 0.0771. The lowest BCUT2D eigenvalue weighted by Gasteiger charge is -2.59. The summed E-state index contributed by atoms with van der Waals surface area (Å²) in [6.07, 6.45) is 18.7. The fourth-order valence-corrected chi connectivity index (χ4v) is 9.09. The molecule has 166 valence electrons. The molecule has 0 heterocycles. The van der Waals surface area contributed by atoms with E-state index in [0.29, 0.717) is 10.8 Å². The molecule has 0 bridgehead atoms. The summed E-state index contributed by atoms with van der Waals surface area (Å²) in [4.78, 5) is 0. The molecule has 0 aromatic heterocycles. The van der Waals surface area contributed by atoms with Gasteiger partial charge in [0.05, 0.1) is 6.10 Å². The maximum atomic E-state index is 10.2. The third-order valence-corrected chi connectivity index (χ3v) is 10.6. The van der Waals surface area contributed by atoms with Gasteiger partial charge in [-0.05, 0) is 104 Å². The molecule has 3 fully saturated rings. The summed E-state index contributed by atoms with van der Waals surface area (Å²) < 4.78 is 0. The number of hydrogen-bond donors (Lipinski definition) is 1. The molecule has 0 aliphatic heterocycles. The minimum atomic E-state index is -0.0771. The molecule has 7 unspecified atom stereocenters. The molecule has 4 rings (SSSR count). The highest BCUT2D eigenvalue weighted by molar-refractivity contribution is 5.25. The van der Waals surface area contributed by atoms with E-state index in [2.05, 4.69) is 40.7 Å². The third kappa shape index (κ3) is 3.66. The zero-order valence-corrected chi connectivity index (χ0v) is 20.1. The van der Waals surface area contributed by atoms with Gasteiger partial charge in [0, 0.05) is 0 Å². The van der Waals surface area contributed by atoms with Crippen LogP contribution in [0.2, 0.25) is 0 Å². The third-order valence-electron chi connectivity index (χ3n) is 10.6. The summed E-state index contributed by atoms with van der Waals surface area (Å²) in [5, 5.41) is 10.2.